The second-order valence-corrected chi connectivity index (χ2v) is 5.06. The Hall–Kier alpha value is -2.00. The van der Waals surface area contributed by atoms with E-state index in [1.807, 2.05) is 0 Å². The molecule has 3 atom stereocenters. The molecule has 6 N–H and O–H groups in total. The minimum Gasteiger partial charge on any atom is -0.481 e. The number of carboxylic acids is 1. The van der Waals surface area contributed by atoms with E-state index in [1.165, 1.54) is 0 Å². The maximum atomic E-state index is 11.9. The Morgan fingerprint density at radius 2 is 1.78 bits per heavy atom. The molecule has 0 spiro atoms. The Morgan fingerprint density at radius 3 is 2.39 bits per heavy atom. The van der Waals surface area contributed by atoms with Gasteiger partial charge >= 0.3 is 5.97 Å². The monoisotopic (exact) mass is 327 g/mol. The standard InChI is InChI=1S/C15H21NO7/c17-8-7-11(18)13(21)14(22)15(23)16-10-4-2-1-3-9(10)5-6-12(19)20/h1-4,11,13-14,17-18,21-22H,5-8H2,(H,16,23)(H,19,20). The van der Waals surface area contributed by atoms with Crippen LogP contribution in [0.4, 0.5) is 5.69 Å². The van der Waals surface area contributed by atoms with Gasteiger partial charge in [-0.05, 0) is 24.5 Å². The minimum atomic E-state index is -1.89. The first-order valence-electron chi connectivity index (χ1n) is 7.12. The molecule has 1 aromatic carbocycles. The van der Waals surface area contributed by atoms with Gasteiger partial charge in [-0.2, -0.15) is 0 Å². The molecule has 0 radical (unpaired) electrons. The first-order chi connectivity index (χ1) is 10.9. The summed E-state index contributed by atoms with van der Waals surface area (Å²) in [5.41, 5.74) is 0.891. The van der Waals surface area contributed by atoms with Crippen LogP contribution in [0, 0.1) is 0 Å². The summed E-state index contributed by atoms with van der Waals surface area (Å²) in [5, 5.41) is 48.7. The number of carboxylic acid groups (broad SMARTS) is 1. The quantitative estimate of drug-likeness (QED) is 0.345. The van der Waals surface area contributed by atoms with Crippen LogP contribution in [0.3, 0.4) is 0 Å². The molecule has 0 fully saturated rings. The molecule has 0 aliphatic carbocycles. The molecule has 3 unspecified atom stereocenters. The van der Waals surface area contributed by atoms with Crippen LogP contribution in [0.5, 0.6) is 0 Å². The second kappa shape index (κ2) is 9.21. The van der Waals surface area contributed by atoms with Gasteiger partial charge in [-0.3, -0.25) is 9.59 Å². The van der Waals surface area contributed by atoms with Crippen molar-refractivity contribution in [3.8, 4) is 0 Å². The van der Waals surface area contributed by atoms with Crippen molar-refractivity contribution in [3.05, 3.63) is 29.8 Å². The van der Waals surface area contributed by atoms with Crippen LogP contribution in [0.1, 0.15) is 18.4 Å². The number of aryl methyl sites for hydroxylation is 1. The molecule has 1 amide bonds. The second-order valence-electron chi connectivity index (χ2n) is 5.06. The molecule has 8 heteroatoms. The highest BCUT2D eigenvalue weighted by atomic mass is 16.4. The zero-order valence-corrected chi connectivity index (χ0v) is 12.4. The van der Waals surface area contributed by atoms with Crippen LogP contribution in [0.15, 0.2) is 24.3 Å². The van der Waals surface area contributed by atoms with Crippen LogP contribution in [0.25, 0.3) is 0 Å². The Bertz CT molecular complexity index is 534. The third-order valence-electron chi connectivity index (χ3n) is 3.29. The van der Waals surface area contributed by atoms with Crippen molar-refractivity contribution < 1.29 is 35.1 Å². The van der Waals surface area contributed by atoms with Gasteiger partial charge in [0.25, 0.3) is 5.91 Å². The van der Waals surface area contributed by atoms with E-state index in [1.54, 1.807) is 24.3 Å². The van der Waals surface area contributed by atoms with E-state index in [0.717, 1.165) is 0 Å². The van der Waals surface area contributed by atoms with E-state index >= 15 is 0 Å². The molecule has 23 heavy (non-hydrogen) atoms. The number of para-hydroxylation sites is 1. The van der Waals surface area contributed by atoms with Crippen molar-refractivity contribution in [1.82, 2.24) is 0 Å². The van der Waals surface area contributed by atoms with E-state index in [0.29, 0.717) is 11.3 Å². The van der Waals surface area contributed by atoms with Crippen LogP contribution in [-0.4, -0.2) is 62.3 Å². The Labute approximate surface area is 133 Å². The number of aliphatic carboxylic acids is 1. The summed E-state index contributed by atoms with van der Waals surface area (Å²) < 4.78 is 0. The lowest BCUT2D eigenvalue weighted by atomic mass is 10.0. The molecule has 128 valence electrons. The average molecular weight is 327 g/mol. The molecule has 1 rings (SSSR count). The summed E-state index contributed by atoms with van der Waals surface area (Å²) >= 11 is 0. The number of aliphatic hydroxyl groups is 4. The van der Waals surface area contributed by atoms with Gasteiger partial charge in [-0.25, -0.2) is 0 Å². The topological polar surface area (TPSA) is 147 Å². The van der Waals surface area contributed by atoms with E-state index in [-0.39, 0.29) is 19.3 Å². The molecule has 0 aliphatic rings. The number of carbonyl (C=O) groups excluding carboxylic acids is 1. The third-order valence-corrected chi connectivity index (χ3v) is 3.29. The molecule has 0 saturated carbocycles. The predicted octanol–water partition coefficient (Wildman–Crippen LogP) is -0.893. The van der Waals surface area contributed by atoms with Gasteiger partial charge < -0.3 is 30.8 Å². The molecular weight excluding hydrogens is 306 g/mol. The van der Waals surface area contributed by atoms with Gasteiger partial charge in [0.1, 0.15) is 6.10 Å². The summed E-state index contributed by atoms with van der Waals surface area (Å²) in [6, 6.07) is 6.49. The number of hydrogen-bond donors (Lipinski definition) is 6. The molecule has 0 aliphatic heterocycles. The summed E-state index contributed by atoms with van der Waals surface area (Å²) in [5.74, 6) is -1.91. The molecule has 0 bridgehead atoms. The predicted molar refractivity (Wildman–Crippen MR) is 80.8 cm³/mol. The number of anilines is 1. The van der Waals surface area contributed by atoms with Gasteiger partial charge in [0.15, 0.2) is 6.10 Å². The summed E-state index contributed by atoms with van der Waals surface area (Å²) in [6.45, 7) is -0.398. The number of aliphatic hydroxyl groups excluding tert-OH is 4. The molecule has 0 saturated heterocycles. The maximum Gasteiger partial charge on any atom is 0.303 e. The Morgan fingerprint density at radius 1 is 1.13 bits per heavy atom. The zero-order chi connectivity index (χ0) is 17.4. The fourth-order valence-corrected chi connectivity index (χ4v) is 1.98. The summed E-state index contributed by atoms with van der Waals surface area (Å²) in [6.07, 6.45) is -5.17. The number of carbonyl (C=O) groups is 2. The first-order valence-corrected chi connectivity index (χ1v) is 7.12. The lowest BCUT2D eigenvalue weighted by Gasteiger charge is -2.22. The van der Waals surface area contributed by atoms with Gasteiger partial charge in [0.2, 0.25) is 0 Å². The van der Waals surface area contributed by atoms with Crippen molar-refractivity contribution >= 4 is 17.6 Å². The van der Waals surface area contributed by atoms with Crippen molar-refractivity contribution in [2.45, 2.75) is 37.6 Å². The lowest BCUT2D eigenvalue weighted by Crippen LogP contribution is -2.45. The summed E-state index contributed by atoms with van der Waals surface area (Å²) in [4.78, 5) is 22.6. The molecule has 0 aromatic heterocycles. The van der Waals surface area contributed by atoms with Crippen LogP contribution in [-0.2, 0) is 16.0 Å². The average Bonchev–Trinajstić information content (AvgIpc) is 2.52. The van der Waals surface area contributed by atoms with E-state index in [2.05, 4.69) is 5.32 Å². The van der Waals surface area contributed by atoms with E-state index < -0.39 is 36.8 Å². The van der Waals surface area contributed by atoms with Crippen molar-refractivity contribution in [2.24, 2.45) is 0 Å². The highest BCUT2D eigenvalue weighted by Gasteiger charge is 2.30. The first kappa shape index (κ1) is 19.0. The number of hydrogen-bond acceptors (Lipinski definition) is 6. The number of rotatable bonds is 9. The summed E-state index contributed by atoms with van der Waals surface area (Å²) in [7, 11) is 0. The smallest absolute Gasteiger partial charge is 0.303 e. The Balaban J connectivity index is 2.74. The lowest BCUT2D eigenvalue weighted by molar-refractivity contribution is -0.137. The van der Waals surface area contributed by atoms with Gasteiger partial charge in [-0.15, -0.1) is 0 Å². The Kier molecular flexibility index (Phi) is 7.63. The molecule has 1 aromatic rings. The number of benzene rings is 1. The van der Waals surface area contributed by atoms with Gasteiger partial charge in [-0.1, -0.05) is 18.2 Å². The zero-order valence-electron chi connectivity index (χ0n) is 12.4. The highest BCUT2D eigenvalue weighted by molar-refractivity contribution is 5.95. The number of nitrogens with one attached hydrogen (secondary N) is 1. The molecule has 0 heterocycles. The van der Waals surface area contributed by atoms with E-state index in [9.17, 15) is 24.9 Å². The SMILES string of the molecule is O=C(O)CCc1ccccc1NC(=O)C(O)C(O)C(O)CCO. The third kappa shape index (κ3) is 5.95. The van der Waals surface area contributed by atoms with Crippen LogP contribution >= 0.6 is 0 Å². The van der Waals surface area contributed by atoms with Crippen molar-refractivity contribution in [3.63, 3.8) is 0 Å². The fraction of sp³-hybridized carbons (Fsp3) is 0.467. The van der Waals surface area contributed by atoms with Crippen LogP contribution < -0.4 is 5.32 Å². The van der Waals surface area contributed by atoms with Gasteiger partial charge in [0, 0.05) is 18.7 Å². The molecule has 8 nitrogen and oxygen atoms in total. The highest BCUT2D eigenvalue weighted by Crippen LogP contribution is 2.18. The van der Waals surface area contributed by atoms with Crippen LogP contribution in [0.2, 0.25) is 0 Å². The normalized spacial score (nSPS) is 14.8. The van der Waals surface area contributed by atoms with Crippen molar-refractivity contribution in [2.75, 3.05) is 11.9 Å². The van der Waals surface area contributed by atoms with Gasteiger partial charge in [0.05, 0.1) is 6.10 Å². The maximum absolute atomic E-state index is 11.9. The van der Waals surface area contributed by atoms with E-state index in [4.69, 9.17) is 10.2 Å². The fourth-order valence-electron chi connectivity index (χ4n) is 1.98. The largest absolute Gasteiger partial charge is 0.481 e. The minimum absolute atomic E-state index is 0.118. The molecular formula is C15H21NO7. The number of amides is 1. The van der Waals surface area contributed by atoms with Crippen molar-refractivity contribution in [1.29, 1.82) is 0 Å².